The van der Waals surface area contributed by atoms with Crippen molar-refractivity contribution in [2.24, 2.45) is 0 Å². The van der Waals surface area contributed by atoms with Gasteiger partial charge in [0, 0.05) is 18.7 Å². The number of nitrogens with zero attached hydrogens (tertiary/aromatic N) is 3. The summed E-state index contributed by atoms with van der Waals surface area (Å²) in [6, 6.07) is 17.6. The van der Waals surface area contributed by atoms with Crippen LogP contribution in [0.5, 0.6) is 5.75 Å². The Labute approximate surface area is 177 Å². The van der Waals surface area contributed by atoms with Gasteiger partial charge in [-0.15, -0.1) is 0 Å². The Bertz CT molecular complexity index is 1090. The number of fused-ring (bicyclic) bond motifs is 4. The van der Waals surface area contributed by atoms with E-state index in [-0.39, 0.29) is 6.04 Å². The Morgan fingerprint density at radius 1 is 1.03 bits per heavy atom. The molecule has 5 nitrogen and oxygen atoms in total. The van der Waals surface area contributed by atoms with Gasteiger partial charge in [-0.1, -0.05) is 30.3 Å². The standard InChI is InChI=1S/C23H20F3N3O2/c24-23(25,26)16-6-4-5-15(13-16)19-9-10-20-21(27-19)29(17-11-12-28(20)14-17)22(30)31-18-7-2-1-3-8-18/h1-10,13,17,22,30H,11-12,14H2/t17-,22?/m0/s1. The fraction of sp³-hybridized carbons (Fsp3) is 0.261. The third-order valence-corrected chi connectivity index (χ3v) is 5.70. The predicted molar refractivity (Wildman–Crippen MR) is 111 cm³/mol. The SMILES string of the molecule is OC(Oc1ccccc1)N1c2nc(-c3cccc(C(F)(F)F)c3)ccc2N2CC[C@H]1C2. The first-order chi connectivity index (χ1) is 14.9. The highest BCUT2D eigenvalue weighted by Gasteiger charge is 2.41. The molecule has 0 aliphatic carbocycles. The predicted octanol–water partition coefficient (Wildman–Crippen LogP) is 4.52. The summed E-state index contributed by atoms with van der Waals surface area (Å²) in [5.41, 5.74) is 0.881. The second-order valence-electron chi connectivity index (χ2n) is 7.67. The van der Waals surface area contributed by atoms with Crippen LogP contribution < -0.4 is 14.5 Å². The van der Waals surface area contributed by atoms with Gasteiger partial charge in [0.2, 0.25) is 0 Å². The molecule has 0 amide bonds. The Morgan fingerprint density at radius 2 is 1.84 bits per heavy atom. The first-order valence-corrected chi connectivity index (χ1v) is 10.0. The minimum absolute atomic E-state index is 0.00419. The Morgan fingerprint density at radius 3 is 2.61 bits per heavy atom. The van der Waals surface area contributed by atoms with Crippen molar-refractivity contribution in [2.75, 3.05) is 22.9 Å². The molecule has 31 heavy (non-hydrogen) atoms. The van der Waals surface area contributed by atoms with Crippen LogP contribution in [-0.4, -0.2) is 35.6 Å². The molecule has 2 bridgehead atoms. The van der Waals surface area contributed by atoms with Crippen molar-refractivity contribution in [1.82, 2.24) is 4.98 Å². The monoisotopic (exact) mass is 427 g/mol. The van der Waals surface area contributed by atoms with Crippen LogP contribution in [0.1, 0.15) is 12.0 Å². The number of aromatic nitrogens is 1. The van der Waals surface area contributed by atoms with Crippen LogP contribution in [0, 0.1) is 0 Å². The van der Waals surface area contributed by atoms with Crippen molar-refractivity contribution in [3.63, 3.8) is 0 Å². The lowest BCUT2D eigenvalue weighted by atomic mass is 10.1. The lowest BCUT2D eigenvalue weighted by Gasteiger charge is -2.39. The van der Waals surface area contributed by atoms with Gasteiger partial charge in [0.05, 0.1) is 23.0 Å². The van der Waals surface area contributed by atoms with E-state index in [1.165, 1.54) is 6.07 Å². The van der Waals surface area contributed by atoms with Gasteiger partial charge in [-0.2, -0.15) is 13.2 Å². The van der Waals surface area contributed by atoms with Crippen molar-refractivity contribution >= 4 is 11.5 Å². The molecule has 5 rings (SSSR count). The fourth-order valence-electron chi connectivity index (χ4n) is 4.22. The average molecular weight is 427 g/mol. The summed E-state index contributed by atoms with van der Waals surface area (Å²) < 4.78 is 45.2. The maximum absolute atomic E-state index is 13.2. The van der Waals surface area contributed by atoms with Gasteiger partial charge in [-0.05, 0) is 42.8 Å². The number of rotatable bonds is 4. The molecule has 160 valence electrons. The van der Waals surface area contributed by atoms with Gasteiger partial charge >= 0.3 is 6.18 Å². The molecule has 1 saturated heterocycles. The van der Waals surface area contributed by atoms with E-state index in [2.05, 4.69) is 9.88 Å². The summed E-state index contributed by atoms with van der Waals surface area (Å²) in [5.74, 6) is 1.03. The molecule has 2 atom stereocenters. The minimum Gasteiger partial charge on any atom is -0.447 e. The molecule has 0 radical (unpaired) electrons. The number of benzene rings is 2. The molecule has 1 unspecified atom stereocenters. The number of para-hydroxylation sites is 1. The van der Waals surface area contributed by atoms with Gasteiger partial charge in [0.1, 0.15) is 5.75 Å². The summed E-state index contributed by atoms with van der Waals surface area (Å²) in [5, 5.41) is 10.9. The molecular formula is C23H20F3N3O2. The quantitative estimate of drug-likeness (QED) is 0.621. The molecule has 0 saturated carbocycles. The van der Waals surface area contributed by atoms with E-state index in [1.807, 2.05) is 24.3 Å². The molecule has 2 aliphatic rings. The van der Waals surface area contributed by atoms with Crippen LogP contribution in [0.2, 0.25) is 0 Å². The van der Waals surface area contributed by atoms with Crippen LogP contribution >= 0.6 is 0 Å². The highest BCUT2D eigenvalue weighted by atomic mass is 19.4. The zero-order chi connectivity index (χ0) is 21.6. The molecule has 2 aliphatic heterocycles. The lowest BCUT2D eigenvalue weighted by molar-refractivity contribution is -0.137. The van der Waals surface area contributed by atoms with E-state index in [4.69, 9.17) is 4.74 Å². The van der Waals surface area contributed by atoms with Gasteiger partial charge < -0.3 is 14.7 Å². The number of hydrogen-bond donors (Lipinski definition) is 1. The molecule has 1 fully saturated rings. The molecule has 1 N–H and O–H groups in total. The van der Waals surface area contributed by atoms with Crippen molar-refractivity contribution < 1.29 is 23.0 Å². The maximum atomic E-state index is 13.2. The van der Waals surface area contributed by atoms with E-state index in [9.17, 15) is 18.3 Å². The Kier molecular flexibility index (Phi) is 4.74. The molecule has 1 aromatic heterocycles. The van der Waals surface area contributed by atoms with Gasteiger partial charge in [0.15, 0.2) is 5.82 Å². The van der Waals surface area contributed by atoms with Crippen LogP contribution in [0.15, 0.2) is 66.7 Å². The average Bonchev–Trinajstić information content (AvgIpc) is 3.18. The van der Waals surface area contributed by atoms with Gasteiger partial charge in [0.25, 0.3) is 6.41 Å². The van der Waals surface area contributed by atoms with E-state index in [0.717, 1.165) is 37.3 Å². The molecular weight excluding hydrogens is 407 g/mol. The maximum Gasteiger partial charge on any atom is 0.416 e. The number of hydrogen-bond acceptors (Lipinski definition) is 5. The van der Waals surface area contributed by atoms with Gasteiger partial charge in [-0.25, -0.2) is 4.98 Å². The van der Waals surface area contributed by atoms with Crippen LogP contribution in [-0.2, 0) is 6.18 Å². The number of aliphatic hydroxyl groups excluding tert-OH is 1. The zero-order valence-electron chi connectivity index (χ0n) is 16.5. The van der Waals surface area contributed by atoms with E-state index in [0.29, 0.717) is 22.8 Å². The second kappa shape index (κ2) is 7.46. The Hall–Kier alpha value is -3.26. The minimum atomic E-state index is -4.43. The highest BCUT2D eigenvalue weighted by Crippen LogP contribution is 2.41. The second-order valence-corrected chi connectivity index (χ2v) is 7.67. The largest absolute Gasteiger partial charge is 0.447 e. The summed E-state index contributed by atoms with van der Waals surface area (Å²) >= 11 is 0. The smallest absolute Gasteiger partial charge is 0.416 e. The fourth-order valence-corrected chi connectivity index (χ4v) is 4.22. The van der Waals surface area contributed by atoms with Gasteiger partial charge in [-0.3, -0.25) is 4.90 Å². The highest BCUT2D eigenvalue weighted by molar-refractivity contribution is 5.76. The number of ether oxygens (including phenoxy) is 1. The number of anilines is 2. The molecule has 8 heteroatoms. The normalized spacial score (nSPS) is 18.6. The number of aliphatic hydroxyl groups is 1. The third-order valence-electron chi connectivity index (χ3n) is 5.70. The number of alkyl halides is 3. The van der Waals surface area contributed by atoms with Crippen LogP contribution in [0.25, 0.3) is 11.3 Å². The van der Waals surface area contributed by atoms with Crippen LogP contribution in [0.3, 0.4) is 0 Å². The van der Waals surface area contributed by atoms with E-state index in [1.54, 1.807) is 29.2 Å². The van der Waals surface area contributed by atoms with E-state index < -0.39 is 18.2 Å². The summed E-state index contributed by atoms with van der Waals surface area (Å²) in [6.45, 7) is 1.55. The summed E-state index contributed by atoms with van der Waals surface area (Å²) in [7, 11) is 0. The molecule has 0 spiro atoms. The van der Waals surface area contributed by atoms with E-state index >= 15 is 0 Å². The molecule has 2 aromatic carbocycles. The number of halogens is 3. The third kappa shape index (κ3) is 3.67. The Balaban J connectivity index is 1.53. The van der Waals surface area contributed by atoms with Crippen molar-refractivity contribution in [3.8, 4) is 17.0 Å². The summed E-state index contributed by atoms with van der Waals surface area (Å²) in [4.78, 5) is 8.57. The molecule has 3 aromatic rings. The van der Waals surface area contributed by atoms with Crippen molar-refractivity contribution in [2.45, 2.75) is 25.1 Å². The lowest BCUT2D eigenvalue weighted by Crippen LogP contribution is -2.51. The van der Waals surface area contributed by atoms with Crippen molar-refractivity contribution in [1.29, 1.82) is 0 Å². The topological polar surface area (TPSA) is 48.8 Å². The zero-order valence-corrected chi connectivity index (χ0v) is 16.5. The first kappa shape index (κ1) is 19.7. The van der Waals surface area contributed by atoms with Crippen LogP contribution in [0.4, 0.5) is 24.7 Å². The molecule has 3 heterocycles. The van der Waals surface area contributed by atoms with Crippen molar-refractivity contribution in [3.05, 3.63) is 72.3 Å². The summed E-state index contributed by atoms with van der Waals surface area (Å²) in [6.07, 6.45) is -4.87. The first-order valence-electron chi connectivity index (χ1n) is 10.0. The number of pyridine rings is 1.